The molecular formula is C11H12ClFN4. The molecule has 0 aliphatic heterocycles. The van der Waals surface area contributed by atoms with Gasteiger partial charge in [0.2, 0.25) is 0 Å². The Kier molecular flexibility index (Phi) is 3.42. The van der Waals surface area contributed by atoms with Crippen LogP contribution in [0, 0.1) is 5.82 Å². The molecule has 0 spiro atoms. The lowest BCUT2D eigenvalue weighted by molar-refractivity contribution is 0.605. The number of hydrazine groups is 1. The number of rotatable bonds is 3. The van der Waals surface area contributed by atoms with E-state index in [0.717, 1.165) is 5.56 Å². The highest BCUT2D eigenvalue weighted by atomic mass is 35.5. The molecule has 3 N–H and O–H groups in total. The van der Waals surface area contributed by atoms with Gasteiger partial charge in [-0.3, -0.25) is 10.5 Å². The zero-order valence-corrected chi connectivity index (χ0v) is 9.95. The molecule has 17 heavy (non-hydrogen) atoms. The monoisotopic (exact) mass is 254 g/mol. The summed E-state index contributed by atoms with van der Waals surface area (Å²) in [6.45, 7) is 0. The molecular weight excluding hydrogens is 243 g/mol. The number of hydrogen-bond acceptors (Lipinski definition) is 3. The lowest BCUT2D eigenvalue weighted by Gasteiger charge is -2.16. The molecule has 2 rings (SSSR count). The van der Waals surface area contributed by atoms with Gasteiger partial charge in [0.15, 0.2) is 0 Å². The van der Waals surface area contributed by atoms with Crippen LogP contribution in [0.5, 0.6) is 0 Å². The fourth-order valence-electron chi connectivity index (χ4n) is 1.70. The van der Waals surface area contributed by atoms with Crippen molar-refractivity contribution < 1.29 is 4.39 Å². The van der Waals surface area contributed by atoms with Gasteiger partial charge in [-0.2, -0.15) is 5.10 Å². The SMILES string of the molecule is Cn1cc(C(NN)c2cccc(F)c2Cl)cn1. The molecule has 0 saturated carbocycles. The fourth-order valence-corrected chi connectivity index (χ4v) is 1.93. The van der Waals surface area contributed by atoms with Crippen LogP contribution in [0.15, 0.2) is 30.6 Å². The van der Waals surface area contributed by atoms with Crippen molar-refractivity contribution in [1.82, 2.24) is 15.2 Å². The summed E-state index contributed by atoms with van der Waals surface area (Å²) in [5.74, 6) is 5.03. The molecule has 1 aromatic carbocycles. The zero-order valence-electron chi connectivity index (χ0n) is 9.19. The summed E-state index contributed by atoms with van der Waals surface area (Å²) in [4.78, 5) is 0. The van der Waals surface area contributed by atoms with E-state index in [9.17, 15) is 4.39 Å². The number of nitrogens with two attached hydrogens (primary N) is 1. The van der Waals surface area contributed by atoms with E-state index in [2.05, 4.69) is 10.5 Å². The molecule has 1 unspecified atom stereocenters. The third-order valence-corrected chi connectivity index (χ3v) is 2.92. The normalized spacial score (nSPS) is 12.7. The third-order valence-electron chi connectivity index (χ3n) is 2.52. The van der Waals surface area contributed by atoms with Crippen LogP contribution in [0.3, 0.4) is 0 Å². The minimum absolute atomic E-state index is 0.0688. The van der Waals surface area contributed by atoms with E-state index in [1.165, 1.54) is 6.07 Å². The van der Waals surface area contributed by atoms with Gasteiger partial charge in [-0.25, -0.2) is 9.82 Å². The predicted octanol–water partition coefficient (Wildman–Crippen LogP) is 1.77. The second kappa shape index (κ2) is 4.83. The summed E-state index contributed by atoms with van der Waals surface area (Å²) < 4.78 is 15.0. The number of benzene rings is 1. The maximum Gasteiger partial charge on any atom is 0.142 e. The third kappa shape index (κ3) is 2.31. The largest absolute Gasteiger partial charge is 0.275 e. The van der Waals surface area contributed by atoms with E-state index in [1.807, 2.05) is 0 Å². The molecule has 0 bridgehead atoms. The summed E-state index contributed by atoms with van der Waals surface area (Å²) in [5.41, 5.74) is 4.02. The van der Waals surface area contributed by atoms with E-state index in [4.69, 9.17) is 17.4 Å². The molecule has 0 radical (unpaired) electrons. The van der Waals surface area contributed by atoms with Crippen molar-refractivity contribution in [1.29, 1.82) is 0 Å². The molecule has 1 aromatic heterocycles. The number of aromatic nitrogens is 2. The van der Waals surface area contributed by atoms with Gasteiger partial charge in [-0.15, -0.1) is 0 Å². The first-order valence-electron chi connectivity index (χ1n) is 5.02. The smallest absolute Gasteiger partial charge is 0.142 e. The van der Waals surface area contributed by atoms with Crippen molar-refractivity contribution in [2.24, 2.45) is 12.9 Å². The van der Waals surface area contributed by atoms with Crippen LogP contribution >= 0.6 is 11.6 Å². The fraction of sp³-hybridized carbons (Fsp3) is 0.182. The van der Waals surface area contributed by atoms with Crippen LogP contribution < -0.4 is 11.3 Å². The Hall–Kier alpha value is -1.43. The standard InChI is InChI=1S/C11H12ClFN4/c1-17-6-7(5-15-17)11(16-14)8-3-2-4-9(13)10(8)12/h2-6,11,16H,14H2,1H3. The average Bonchev–Trinajstić information content (AvgIpc) is 2.72. The van der Waals surface area contributed by atoms with Crippen LogP contribution in [0.2, 0.25) is 5.02 Å². The predicted molar refractivity (Wildman–Crippen MR) is 63.8 cm³/mol. The van der Waals surface area contributed by atoms with Crippen molar-refractivity contribution in [3.63, 3.8) is 0 Å². The van der Waals surface area contributed by atoms with Gasteiger partial charge in [0, 0.05) is 18.8 Å². The lowest BCUT2D eigenvalue weighted by atomic mass is 10.0. The van der Waals surface area contributed by atoms with Crippen molar-refractivity contribution in [2.75, 3.05) is 0 Å². The first-order valence-corrected chi connectivity index (χ1v) is 5.40. The second-order valence-electron chi connectivity index (χ2n) is 3.69. The summed E-state index contributed by atoms with van der Waals surface area (Å²) in [6, 6.07) is 4.25. The highest BCUT2D eigenvalue weighted by Gasteiger charge is 2.18. The molecule has 6 heteroatoms. The summed E-state index contributed by atoms with van der Waals surface area (Å²) >= 11 is 5.93. The minimum atomic E-state index is -0.465. The molecule has 0 fully saturated rings. The van der Waals surface area contributed by atoms with Crippen LogP contribution in [0.4, 0.5) is 4.39 Å². The topological polar surface area (TPSA) is 55.9 Å². The Morgan fingerprint density at radius 2 is 2.29 bits per heavy atom. The van der Waals surface area contributed by atoms with Crippen molar-refractivity contribution in [3.8, 4) is 0 Å². The van der Waals surface area contributed by atoms with Crippen molar-refractivity contribution in [2.45, 2.75) is 6.04 Å². The number of halogens is 2. The van der Waals surface area contributed by atoms with Gasteiger partial charge in [-0.05, 0) is 11.6 Å². The van der Waals surface area contributed by atoms with E-state index in [0.29, 0.717) is 5.56 Å². The van der Waals surface area contributed by atoms with E-state index in [-0.39, 0.29) is 11.1 Å². The first-order chi connectivity index (χ1) is 8.13. The van der Waals surface area contributed by atoms with Crippen LogP contribution in [-0.2, 0) is 7.05 Å². The van der Waals surface area contributed by atoms with Gasteiger partial charge in [0.25, 0.3) is 0 Å². The maximum atomic E-state index is 13.4. The quantitative estimate of drug-likeness (QED) is 0.648. The molecule has 90 valence electrons. The van der Waals surface area contributed by atoms with E-state index >= 15 is 0 Å². The molecule has 0 aliphatic rings. The Labute approximate surface area is 103 Å². The number of nitrogens with one attached hydrogen (secondary N) is 1. The van der Waals surface area contributed by atoms with Crippen LogP contribution in [0.1, 0.15) is 17.2 Å². The summed E-state index contributed by atoms with van der Waals surface area (Å²) in [5, 5.41) is 4.12. The molecule has 1 heterocycles. The summed E-state index contributed by atoms with van der Waals surface area (Å²) in [6.07, 6.45) is 3.46. The van der Waals surface area contributed by atoms with Gasteiger partial charge < -0.3 is 0 Å². The highest BCUT2D eigenvalue weighted by Crippen LogP contribution is 2.29. The van der Waals surface area contributed by atoms with Crippen LogP contribution in [0.25, 0.3) is 0 Å². The first kappa shape index (κ1) is 12.0. The van der Waals surface area contributed by atoms with E-state index in [1.54, 1.807) is 36.3 Å². The molecule has 0 aliphatic carbocycles. The molecule has 0 saturated heterocycles. The molecule has 1 atom stereocenters. The number of aryl methyl sites for hydroxylation is 1. The minimum Gasteiger partial charge on any atom is -0.275 e. The summed E-state index contributed by atoms with van der Waals surface area (Å²) in [7, 11) is 1.80. The van der Waals surface area contributed by atoms with Gasteiger partial charge in [-0.1, -0.05) is 23.7 Å². The lowest BCUT2D eigenvalue weighted by Crippen LogP contribution is -2.29. The van der Waals surface area contributed by atoms with Gasteiger partial charge in [0.05, 0.1) is 17.3 Å². The number of nitrogens with zero attached hydrogens (tertiary/aromatic N) is 2. The van der Waals surface area contributed by atoms with Crippen molar-refractivity contribution >= 4 is 11.6 Å². The van der Waals surface area contributed by atoms with Crippen LogP contribution in [-0.4, -0.2) is 9.78 Å². The number of hydrogen-bond donors (Lipinski definition) is 2. The van der Waals surface area contributed by atoms with Gasteiger partial charge >= 0.3 is 0 Å². The zero-order chi connectivity index (χ0) is 12.4. The average molecular weight is 255 g/mol. The Balaban J connectivity index is 2.45. The van der Waals surface area contributed by atoms with E-state index < -0.39 is 5.82 Å². The molecule has 2 aromatic rings. The Morgan fingerprint density at radius 3 is 2.88 bits per heavy atom. The van der Waals surface area contributed by atoms with Crippen molar-refractivity contribution in [3.05, 3.63) is 52.6 Å². The molecule has 4 nitrogen and oxygen atoms in total. The Morgan fingerprint density at radius 1 is 1.53 bits per heavy atom. The highest BCUT2D eigenvalue weighted by molar-refractivity contribution is 6.31. The Bertz CT molecular complexity index is 526. The second-order valence-corrected chi connectivity index (χ2v) is 4.07. The van der Waals surface area contributed by atoms with Gasteiger partial charge in [0.1, 0.15) is 5.82 Å². The maximum absolute atomic E-state index is 13.4. The molecule has 0 amide bonds.